The normalized spacial score (nSPS) is 24.6. The van der Waals surface area contributed by atoms with Crippen molar-refractivity contribution < 1.29 is 74.4 Å². The van der Waals surface area contributed by atoms with E-state index in [1.54, 1.807) is 42.7 Å². The first-order valence-corrected chi connectivity index (χ1v) is 25.9. The largest absolute Gasteiger partial charge is 1.00 e. The van der Waals surface area contributed by atoms with Gasteiger partial charge in [-0.15, -0.1) is 0 Å². The summed E-state index contributed by atoms with van der Waals surface area (Å²) in [6.07, 6.45) is 8.13. The van der Waals surface area contributed by atoms with Crippen LogP contribution in [0.15, 0.2) is 36.4 Å². The Hall–Kier alpha value is -3.01. The second kappa shape index (κ2) is 30.2. The average Bonchev–Trinajstić information content (AvgIpc) is 3.33. The number of hydrogen-bond acceptors (Lipinski definition) is 12. The molecule has 3 radical (unpaired) electrons. The zero-order chi connectivity index (χ0) is 49.7. The summed E-state index contributed by atoms with van der Waals surface area (Å²) >= 11 is 0. The number of hydrogen-bond donors (Lipinski definition) is 2. The third-order valence-electron chi connectivity index (χ3n) is 15.9. The number of piperidine rings is 3. The van der Waals surface area contributed by atoms with Crippen molar-refractivity contribution in [2.75, 3.05) is 81.9 Å². The molecule has 12 nitrogen and oxygen atoms in total. The summed E-state index contributed by atoms with van der Waals surface area (Å²) in [4.78, 5) is 20.2. The molecule has 3 aromatic carbocycles. The molecule has 6 heterocycles. The Morgan fingerprint density at radius 3 is 1.11 bits per heavy atom. The Labute approximate surface area is 474 Å². The van der Waals surface area contributed by atoms with Crippen molar-refractivity contribution in [3.63, 3.8) is 0 Å². The summed E-state index contributed by atoms with van der Waals surface area (Å²) in [5, 5.41) is 21.3. The van der Waals surface area contributed by atoms with Crippen LogP contribution < -0.4 is 58.0 Å². The van der Waals surface area contributed by atoms with Crippen molar-refractivity contribution in [2.45, 2.75) is 152 Å². The minimum Gasteiger partial charge on any atom is -1.00 e. The molecule has 14 heteroatoms. The second-order valence-electron chi connectivity index (χ2n) is 21.9. The fraction of sp³-hybridized carbons (Fsp3) is 0.683. The van der Waals surface area contributed by atoms with Crippen molar-refractivity contribution in [1.29, 1.82) is 0 Å². The van der Waals surface area contributed by atoms with Crippen LogP contribution in [0, 0.1) is 35.5 Å². The van der Waals surface area contributed by atoms with Gasteiger partial charge in [0.15, 0.2) is 34.5 Å². The molecule has 6 aliphatic rings. The molecule has 2 N–H and O–H groups in total. The fourth-order valence-corrected chi connectivity index (χ4v) is 12.6. The number of fused-ring (bicyclic) bond motifs is 9. The van der Waals surface area contributed by atoms with Gasteiger partial charge in [0.1, 0.15) is 5.78 Å². The second-order valence-corrected chi connectivity index (χ2v) is 21.9. The van der Waals surface area contributed by atoms with Gasteiger partial charge in [-0.3, -0.25) is 19.5 Å². The first kappa shape index (κ1) is 67.1. The average molecular weight is 1040 g/mol. The number of aliphatic hydroxyl groups excluding tert-OH is 2. The third kappa shape index (κ3) is 15.4. The molecule has 0 saturated carbocycles. The van der Waals surface area contributed by atoms with E-state index in [1.807, 2.05) is 0 Å². The maximum atomic E-state index is 12.6. The monoisotopic (exact) mass is 1040 g/mol. The van der Waals surface area contributed by atoms with Gasteiger partial charge in [-0.2, -0.15) is 0 Å². The van der Waals surface area contributed by atoms with Gasteiger partial charge in [-0.25, -0.2) is 0 Å². The maximum absolute atomic E-state index is 12.6. The molecule has 6 aliphatic heterocycles. The molecule has 3 aromatic rings. The zero-order valence-electron chi connectivity index (χ0n) is 46.6. The van der Waals surface area contributed by atoms with Crippen LogP contribution in [0.4, 0.5) is 0 Å². The number of ketones is 1. The van der Waals surface area contributed by atoms with Crippen LogP contribution in [0.2, 0.25) is 0 Å². The number of nitrogens with zero attached hydrogens (tertiary/aromatic N) is 3. The Balaban J connectivity index is 0.000000541. The topological polar surface area (TPSA) is 123 Å². The Kier molecular flexibility index (Phi) is 27.4. The molecule has 3 fully saturated rings. The number of carbonyl (C=O) groups excluding carboxylic acids is 1. The van der Waals surface area contributed by atoms with E-state index in [1.165, 1.54) is 33.4 Å². The number of aliphatic hydroxyl groups is 2. The molecule has 74 heavy (non-hydrogen) atoms. The Morgan fingerprint density at radius 2 is 0.797 bits per heavy atom. The van der Waals surface area contributed by atoms with E-state index in [0.29, 0.717) is 53.9 Å². The summed E-state index contributed by atoms with van der Waals surface area (Å²) in [6, 6.07) is 13.4. The number of carbonyl (C=O) groups is 1. The van der Waals surface area contributed by atoms with Crippen molar-refractivity contribution in [2.24, 2.45) is 35.5 Å². The van der Waals surface area contributed by atoms with E-state index in [0.717, 1.165) is 125 Å². The summed E-state index contributed by atoms with van der Waals surface area (Å²) < 4.78 is 32.7. The van der Waals surface area contributed by atoms with E-state index >= 15 is 0 Å². The van der Waals surface area contributed by atoms with E-state index in [4.69, 9.17) is 28.4 Å². The molecule has 0 aliphatic carbocycles. The van der Waals surface area contributed by atoms with E-state index < -0.39 is 0 Å². The number of methoxy groups -OCH3 is 6. The summed E-state index contributed by atoms with van der Waals surface area (Å²) in [7, 11) is 10.1. The van der Waals surface area contributed by atoms with Crippen LogP contribution in [0.5, 0.6) is 34.5 Å². The minimum absolute atomic E-state index is 0. The Morgan fingerprint density at radius 1 is 0.500 bits per heavy atom. The van der Waals surface area contributed by atoms with Crippen LogP contribution >= 0.6 is 0 Å². The Bertz CT molecular complexity index is 2120. The first-order chi connectivity index (χ1) is 33.1. The van der Waals surface area contributed by atoms with Crippen LogP contribution in [0.3, 0.4) is 0 Å². The molecule has 0 spiro atoms. The summed E-state index contributed by atoms with van der Waals surface area (Å²) in [5.41, 5.74) is 7.80. The van der Waals surface area contributed by atoms with E-state index in [-0.39, 0.29) is 85.8 Å². The SMILES string of the molecule is C.C.C.COc1cc2c(cc1OC)[C@H]1CC(=O)[C@H](CC(C)C)CN1CC2.COc1cc2c(cc1OC)[C@H]1C[C@@H](O)[C@H](CC(C)C)CN1CC2.COc1cc2c(cc1OC)[C@H]1C[C@H](O)[C@H](CC(C)C)CN1CC2.[B].[H-].[Na+]. The molecule has 0 amide bonds. The van der Waals surface area contributed by atoms with Gasteiger partial charge in [0.05, 0.1) is 54.9 Å². The quantitative estimate of drug-likeness (QED) is 0.171. The molecule has 0 unspecified atom stereocenters. The zero-order valence-corrected chi connectivity index (χ0v) is 47.6. The molecule has 411 valence electrons. The molecule has 3 saturated heterocycles. The van der Waals surface area contributed by atoms with Crippen molar-refractivity contribution in [3.8, 4) is 34.5 Å². The summed E-state index contributed by atoms with van der Waals surface area (Å²) in [6.45, 7) is 19.4. The van der Waals surface area contributed by atoms with Gasteiger partial charge in [0.25, 0.3) is 0 Å². The molecular weight excluding hydrogens is 940 g/mol. The maximum Gasteiger partial charge on any atom is 1.00 e. The third-order valence-corrected chi connectivity index (χ3v) is 15.9. The van der Waals surface area contributed by atoms with E-state index in [2.05, 4.69) is 92.6 Å². The number of ether oxygens (including phenoxy) is 6. The van der Waals surface area contributed by atoms with Gasteiger partial charge in [0, 0.05) is 78.1 Å². The van der Waals surface area contributed by atoms with Gasteiger partial charge in [0.2, 0.25) is 0 Å². The number of rotatable bonds is 12. The minimum atomic E-state index is -0.210. The first-order valence-electron chi connectivity index (χ1n) is 25.9. The predicted molar refractivity (Wildman–Crippen MR) is 299 cm³/mol. The van der Waals surface area contributed by atoms with E-state index in [9.17, 15) is 15.0 Å². The molecule has 8 atom stereocenters. The van der Waals surface area contributed by atoms with Gasteiger partial charge >= 0.3 is 29.6 Å². The molecule has 0 bridgehead atoms. The molecular formula is C60H98BN3NaO9. The van der Waals surface area contributed by atoms with Gasteiger partial charge < -0.3 is 40.1 Å². The summed E-state index contributed by atoms with van der Waals surface area (Å²) in [5.74, 6) is 7.95. The fourth-order valence-electron chi connectivity index (χ4n) is 12.6. The van der Waals surface area contributed by atoms with Gasteiger partial charge in [-0.1, -0.05) is 63.8 Å². The molecule has 9 rings (SSSR count). The van der Waals surface area contributed by atoms with Crippen molar-refractivity contribution >= 4 is 14.2 Å². The van der Waals surface area contributed by atoms with Crippen LogP contribution in [0.1, 0.15) is 155 Å². The standard InChI is InChI=1S/2C19H29NO3.C19H27NO3.3CH4.B.Na.H/c3*1-12(2)7-14-11-20-6-5-13-8-18(22-3)19(23-4)9-15(13)16(20)10-17(14)21;;;;;;/h2*8-9,12,14,16-17,21H,5-7,10-11H2,1-4H3;8-9,12,14,16H,5-7,10-11H2,1-4H3;3*1H4;;;/q;;;;;;;+1;-1/t14-,16-,17+;14-,16-,17-;14-,16-;;;;;;/m111....../s1. The van der Waals surface area contributed by atoms with Crippen molar-refractivity contribution in [1.82, 2.24) is 14.7 Å². The smallest absolute Gasteiger partial charge is 1.00 e. The van der Waals surface area contributed by atoms with Crippen molar-refractivity contribution in [3.05, 3.63) is 69.8 Å². The van der Waals surface area contributed by atoms with Gasteiger partial charge in [-0.05, 0) is 151 Å². The molecule has 0 aromatic heterocycles. The predicted octanol–water partition coefficient (Wildman–Crippen LogP) is 7.94. The van der Waals surface area contributed by atoms with Crippen LogP contribution in [-0.2, 0) is 24.1 Å². The van der Waals surface area contributed by atoms with Crippen LogP contribution in [0.25, 0.3) is 0 Å². The number of Topliss-reactive ketones (excluding diaryl/α,β-unsaturated/α-hetero) is 1. The number of benzene rings is 3. The van der Waals surface area contributed by atoms with Crippen LogP contribution in [-0.4, -0.2) is 133 Å².